The fraction of sp³-hybridized carbons (Fsp3) is 0.387. The molecule has 0 amide bonds. The molecule has 3 heterocycles. The highest BCUT2D eigenvalue weighted by Crippen LogP contribution is 2.32. The van der Waals surface area contributed by atoms with E-state index in [4.69, 9.17) is 19.4 Å². The maximum atomic E-state index is 15.5. The average molecular weight is 636 g/mol. The molecular weight excluding hydrogens is 601 g/mol. The van der Waals surface area contributed by atoms with E-state index in [1.807, 2.05) is 12.1 Å². The number of nitrogens with one attached hydrogen (secondary N) is 2. The molecular formula is C31H34F5N5O4. The van der Waals surface area contributed by atoms with Gasteiger partial charge in [-0.3, -0.25) is 0 Å². The SMILES string of the molecule is COCCOCCn1c(-c2ccc(C3=CCNCC3)cc2F)nnc1-c1ccc(C2=CCNCC2)cc1F.O=C(O)C(F)(F)F. The lowest BCUT2D eigenvalue weighted by Gasteiger charge is -2.16. The second-order valence-corrected chi connectivity index (χ2v) is 10.2. The van der Waals surface area contributed by atoms with E-state index in [1.165, 1.54) is 0 Å². The Hall–Kier alpha value is -3.98. The molecule has 0 saturated heterocycles. The van der Waals surface area contributed by atoms with Gasteiger partial charge in [0.05, 0.1) is 30.9 Å². The molecule has 0 spiro atoms. The van der Waals surface area contributed by atoms with Gasteiger partial charge in [0.25, 0.3) is 0 Å². The van der Waals surface area contributed by atoms with E-state index in [9.17, 15) is 13.2 Å². The van der Waals surface area contributed by atoms with Crippen LogP contribution in [0.25, 0.3) is 33.9 Å². The van der Waals surface area contributed by atoms with Crippen LogP contribution in [0.2, 0.25) is 0 Å². The Balaban J connectivity index is 0.000000591. The van der Waals surface area contributed by atoms with Gasteiger partial charge in [0.1, 0.15) is 11.6 Å². The molecule has 2 aliphatic rings. The Bertz CT molecular complexity index is 1440. The van der Waals surface area contributed by atoms with Gasteiger partial charge in [0, 0.05) is 26.7 Å². The van der Waals surface area contributed by atoms with E-state index in [0.29, 0.717) is 49.1 Å². The molecule has 0 aliphatic carbocycles. The number of methoxy groups -OCH3 is 1. The molecule has 0 unspecified atom stereocenters. The van der Waals surface area contributed by atoms with E-state index in [2.05, 4.69) is 33.0 Å². The second kappa shape index (κ2) is 15.8. The van der Waals surface area contributed by atoms with Gasteiger partial charge in [-0.05, 0) is 72.5 Å². The zero-order valence-electron chi connectivity index (χ0n) is 24.6. The minimum atomic E-state index is -5.08. The predicted octanol–water partition coefficient (Wildman–Crippen LogP) is 4.94. The molecule has 1 aromatic heterocycles. The lowest BCUT2D eigenvalue weighted by Crippen LogP contribution is -2.21. The van der Waals surface area contributed by atoms with Gasteiger partial charge >= 0.3 is 12.1 Å². The van der Waals surface area contributed by atoms with Crippen molar-refractivity contribution in [1.29, 1.82) is 0 Å². The predicted molar refractivity (Wildman–Crippen MR) is 158 cm³/mol. The molecule has 5 rings (SSSR count). The van der Waals surface area contributed by atoms with E-state index < -0.39 is 23.8 Å². The number of halogens is 5. The minimum Gasteiger partial charge on any atom is -0.475 e. The largest absolute Gasteiger partial charge is 0.490 e. The van der Waals surface area contributed by atoms with E-state index in [0.717, 1.165) is 61.3 Å². The van der Waals surface area contributed by atoms with Crippen LogP contribution in [0, 0.1) is 11.6 Å². The molecule has 45 heavy (non-hydrogen) atoms. The fourth-order valence-corrected chi connectivity index (χ4v) is 4.88. The Morgan fingerprint density at radius 2 is 1.36 bits per heavy atom. The first kappa shape index (κ1) is 33.9. The number of carbonyl (C=O) groups is 1. The highest BCUT2D eigenvalue weighted by molar-refractivity contribution is 5.73. The maximum Gasteiger partial charge on any atom is 0.490 e. The second-order valence-electron chi connectivity index (χ2n) is 10.2. The summed E-state index contributed by atoms with van der Waals surface area (Å²) in [7, 11) is 1.61. The summed E-state index contributed by atoms with van der Waals surface area (Å²) < 4.78 is 75.1. The summed E-state index contributed by atoms with van der Waals surface area (Å²) in [5.41, 5.74) is 4.58. The highest BCUT2D eigenvalue weighted by Gasteiger charge is 2.38. The lowest BCUT2D eigenvalue weighted by atomic mass is 9.98. The zero-order valence-corrected chi connectivity index (χ0v) is 24.6. The van der Waals surface area contributed by atoms with Crippen LogP contribution in [0.5, 0.6) is 0 Å². The summed E-state index contributed by atoms with van der Waals surface area (Å²) in [6.45, 7) is 4.82. The van der Waals surface area contributed by atoms with Crippen molar-refractivity contribution in [3.8, 4) is 22.8 Å². The van der Waals surface area contributed by atoms with Crippen molar-refractivity contribution in [1.82, 2.24) is 25.4 Å². The van der Waals surface area contributed by atoms with Crippen molar-refractivity contribution >= 4 is 17.1 Å². The summed E-state index contributed by atoms with van der Waals surface area (Å²) in [6, 6.07) is 10.4. The number of aliphatic carboxylic acids is 1. The van der Waals surface area contributed by atoms with Crippen LogP contribution in [0.1, 0.15) is 24.0 Å². The number of hydrogen-bond donors (Lipinski definition) is 3. The third-order valence-electron chi connectivity index (χ3n) is 7.17. The molecule has 14 heteroatoms. The van der Waals surface area contributed by atoms with Crippen LogP contribution in [-0.4, -0.2) is 85.1 Å². The quantitative estimate of drug-likeness (QED) is 0.212. The van der Waals surface area contributed by atoms with Gasteiger partial charge in [-0.2, -0.15) is 13.2 Å². The van der Waals surface area contributed by atoms with Crippen molar-refractivity contribution < 1.29 is 41.3 Å². The van der Waals surface area contributed by atoms with Crippen LogP contribution < -0.4 is 10.6 Å². The number of carboxylic acid groups (broad SMARTS) is 1. The molecule has 0 fully saturated rings. The first-order valence-electron chi connectivity index (χ1n) is 14.3. The van der Waals surface area contributed by atoms with E-state index >= 15 is 8.78 Å². The van der Waals surface area contributed by atoms with Gasteiger partial charge in [0.15, 0.2) is 11.6 Å². The van der Waals surface area contributed by atoms with Gasteiger partial charge in [-0.25, -0.2) is 13.6 Å². The standard InChI is InChI=1S/C29H33F2N5O2.C2HF3O2/c1-37-16-17-38-15-14-36-28(24-4-2-22(18-26(24)30)20-6-10-32-11-7-20)34-35-29(36)25-5-3-23(19-27(25)31)21-8-12-33-13-9-21;3-2(4,5)1(6)7/h2-6,8,18-19,32-33H,7,9-17H2,1H3;(H,6,7). The van der Waals surface area contributed by atoms with Crippen LogP contribution >= 0.6 is 0 Å². The molecule has 2 aromatic carbocycles. The molecule has 3 N–H and O–H groups in total. The van der Waals surface area contributed by atoms with E-state index in [-0.39, 0.29) is 0 Å². The molecule has 0 atom stereocenters. The van der Waals surface area contributed by atoms with Gasteiger partial charge in [-0.15, -0.1) is 10.2 Å². The van der Waals surface area contributed by atoms with Crippen molar-refractivity contribution in [3.63, 3.8) is 0 Å². The monoisotopic (exact) mass is 635 g/mol. The first-order valence-corrected chi connectivity index (χ1v) is 14.3. The fourth-order valence-electron chi connectivity index (χ4n) is 4.88. The van der Waals surface area contributed by atoms with Gasteiger partial charge in [-0.1, -0.05) is 24.3 Å². The third-order valence-corrected chi connectivity index (χ3v) is 7.17. The number of ether oxygens (including phenoxy) is 2. The molecule has 0 bridgehead atoms. The number of carboxylic acids is 1. The number of benzene rings is 2. The summed E-state index contributed by atoms with van der Waals surface area (Å²) >= 11 is 0. The molecule has 0 radical (unpaired) electrons. The van der Waals surface area contributed by atoms with Crippen molar-refractivity contribution in [3.05, 3.63) is 71.3 Å². The summed E-state index contributed by atoms with van der Waals surface area (Å²) in [4.78, 5) is 8.90. The molecule has 9 nitrogen and oxygen atoms in total. The molecule has 0 saturated carbocycles. The Morgan fingerprint density at radius 1 is 0.867 bits per heavy atom. The zero-order chi connectivity index (χ0) is 32.4. The van der Waals surface area contributed by atoms with Gasteiger partial charge < -0.3 is 29.8 Å². The number of hydrogen-bond acceptors (Lipinski definition) is 7. The van der Waals surface area contributed by atoms with Crippen molar-refractivity contribution in [2.75, 3.05) is 53.1 Å². The highest BCUT2D eigenvalue weighted by atomic mass is 19.4. The number of nitrogens with zero attached hydrogens (tertiary/aromatic N) is 3. The normalized spacial score (nSPS) is 15.2. The smallest absolute Gasteiger partial charge is 0.475 e. The Morgan fingerprint density at radius 3 is 1.73 bits per heavy atom. The number of rotatable bonds is 10. The molecule has 3 aromatic rings. The minimum absolute atomic E-state index is 0.316. The van der Waals surface area contributed by atoms with Crippen molar-refractivity contribution in [2.45, 2.75) is 25.6 Å². The van der Waals surface area contributed by atoms with E-state index in [1.54, 1.807) is 35.9 Å². The lowest BCUT2D eigenvalue weighted by molar-refractivity contribution is -0.192. The molecule has 2 aliphatic heterocycles. The number of aromatic nitrogens is 3. The van der Waals surface area contributed by atoms with Crippen LogP contribution in [0.3, 0.4) is 0 Å². The van der Waals surface area contributed by atoms with Gasteiger partial charge in [0.2, 0.25) is 0 Å². The third kappa shape index (κ3) is 9.03. The number of alkyl halides is 3. The average Bonchev–Trinajstić information content (AvgIpc) is 3.44. The first-order chi connectivity index (χ1) is 21.6. The summed E-state index contributed by atoms with van der Waals surface area (Å²) in [6.07, 6.45) is 0.783. The topological polar surface area (TPSA) is 111 Å². The van der Waals surface area contributed by atoms with Crippen LogP contribution in [0.4, 0.5) is 22.0 Å². The Labute approximate surface area is 256 Å². The summed E-state index contributed by atoms with van der Waals surface area (Å²) in [5.74, 6) is -2.87. The van der Waals surface area contributed by atoms with Crippen LogP contribution in [0.15, 0.2) is 48.6 Å². The Kier molecular flexibility index (Phi) is 11.9. The van der Waals surface area contributed by atoms with Crippen LogP contribution in [-0.2, 0) is 20.8 Å². The maximum absolute atomic E-state index is 15.5. The summed E-state index contributed by atoms with van der Waals surface area (Å²) in [5, 5.41) is 22.3. The molecule has 242 valence electrons. The van der Waals surface area contributed by atoms with Crippen molar-refractivity contribution in [2.24, 2.45) is 0 Å².